The fourth-order valence-electron chi connectivity index (χ4n) is 1.58. The average molecular weight is 204 g/mol. The van der Waals surface area contributed by atoms with Crippen molar-refractivity contribution >= 4 is 16.9 Å². The first-order valence-corrected chi connectivity index (χ1v) is 4.63. The number of nitrogens with one attached hydrogen (secondary N) is 1. The first-order valence-electron chi connectivity index (χ1n) is 4.63. The number of hydrogen-bond donors (Lipinski definition) is 1. The Labute approximate surface area is 87.4 Å². The van der Waals surface area contributed by atoms with Crippen molar-refractivity contribution in [2.24, 2.45) is 0 Å². The summed E-state index contributed by atoms with van der Waals surface area (Å²) in [5, 5.41) is 1.04. The smallest absolute Gasteiger partial charge is 0.275 e. The molecule has 4 nitrogen and oxygen atoms in total. The highest BCUT2D eigenvalue weighted by Gasteiger charge is 2.07. The van der Waals surface area contributed by atoms with Gasteiger partial charge in [0.25, 0.3) is 0 Å². The molecule has 0 radical (unpaired) electrons. The molecule has 1 N–H and O–H groups in total. The average Bonchev–Trinajstić information content (AvgIpc) is 2.60. The minimum absolute atomic E-state index is 0.295. The highest BCUT2D eigenvalue weighted by atomic mass is 16.6. The van der Waals surface area contributed by atoms with Gasteiger partial charge in [0, 0.05) is 11.6 Å². The lowest BCUT2D eigenvalue weighted by molar-refractivity contribution is 0.109. The molecule has 78 valence electrons. The van der Waals surface area contributed by atoms with Gasteiger partial charge in [0.1, 0.15) is 0 Å². The molecule has 1 aromatic heterocycles. The fourth-order valence-corrected chi connectivity index (χ4v) is 1.58. The van der Waals surface area contributed by atoms with E-state index in [2.05, 4.69) is 10.3 Å². The van der Waals surface area contributed by atoms with Crippen LogP contribution in [0.5, 0.6) is 0 Å². The Morgan fingerprint density at radius 3 is 2.93 bits per heavy atom. The van der Waals surface area contributed by atoms with Gasteiger partial charge in [-0.05, 0) is 25.1 Å². The number of hydrogen-bond acceptors (Lipinski definition) is 2. The molecule has 0 spiro atoms. The Morgan fingerprint density at radius 1 is 1.40 bits per heavy atom. The van der Waals surface area contributed by atoms with Gasteiger partial charge in [-0.3, -0.25) is 9.40 Å². The lowest BCUT2D eigenvalue weighted by Crippen LogP contribution is -2.26. The lowest BCUT2D eigenvalue weighted by Gasteiger charge is -2.04. The monoisotopic (exact) mass is 204 g/mol. The molecular weight excluding hydrogens is 192 g/mol. The van der Waals surface area contributed by atoms with Crippen molar-refractivity contribution in [2.75, 3.05) is 7.11 Å². The first kappa shape index (κ1) is 9.73. The molecule has 0 unspecified atom stereocenters. The molecule has 0 aliphatic heterocycles. The predicted octanol–water partition coefficient (Wildman–Crippen LogP) is 2.07. The first-order chi connectivity index (χ1) is 7.22. The second-order valence-corrected chi connectivity index (χ2v) is 3.36. The van der Waals surface area contributed by atoms with Crippen LogP contribution in [0.25, 0.3) is 10.9 Å². The van der Waals surface area contributed by atoms with Crippen molar-refractivity contribution in [1.82, 2.24) is 10.0 Å². The predicted molar refractivity (Wildman–Crippen MR) is 57.6 cm³/mol. The van der Waals surface area contributed by atoms with E-state index in [1.807, 2.05) is 31.2 Å². The Morgan fingerprint density at radius 2 is 2.20 bits per heavy atom. The van der Waals surface area contributed by atoms with Crippen molar-refractivity contribution in [2.45, 2.75) is 6.92 Å². The van der Waals surface area contributed by atoms with Gasteiger partial charge in [0.2, 0.25) is 0 Å². The maximum absolute atomic E-state index is 11.5. The van der Waals surface area contributed by atoms with Crippen molar-refractivity contribution in [3.63, 3.8) is 0 Å². The van der Waals surface area contributed by atoms with E-state index in [1.165, 1.54) is 17.2 Å². The van der Waals surface area contributed by atoms with Gasteiger partial charge in [-0.25, -0.2) is 10.3 Å². The Balaban J connectivity index is 2.49. The van der Waals surface area contributed by atoms with Gasteiger partial charge in [0.15, 0.2) is 0 Å². The molecule has 0 fully saturated rings. The van der Waals surface area contributed by atoms with Crippen LogP contribution in [0.15, 0.2) is 30.5 Å². The van der Waals surface area contributed by atoms with E-state index < -0.39 is 0 Å². The number of hydroxylamine groups is 1. The molecule has 0 saturated carbocycles. The third kappa shape index (κ3) is 1.71. The number of amides is 1. The Bertz CT molecular complexity index is 502. The van der Waals surface area contributed by atoms with E-state index in [-0.39, 0.29) is 6.03 Å². The van der Waals surface area contributed by atoms with Crippen LogP contribution in [0.4, 0.5) is 4.79 Å². The van der Waals surface area contributed by atoms with E-state index in [4.69, 9.17) is 0 Å². The quantitative estimate of drug-likeness (QED) is 0.722. The summed E-state index contributed by atoms with van der Waals surface area (Å²) >= 11 is 0. The number of carbonyl (C=O) groups is 1. The number of benzene rings is 1. The molecule has 0 aliphatic rings. The van der Waals surface area contributed by atoms with Crippen molar-refractivity contribution in [1.29, 1.82) is 0 Å². The standard InChI is InChI=1S/C11H12N2O2/c1-8-3-4-10-9(7-8)5-6-13(10)11(14)12-15-2/h3-7H,1-2H3,(H,12,14). The van der Waals surface area contributed by atoms with Gasteiger partial charge in [-0.2, -0.15) is 0 Å². The number of nitrogens with zero attached hydrogens (tertiary/aromatic N) is 1. The van der Waals surface area contributed by atoms with Crippen LogP contribution in [0, 0.1) is 6.92 Å². The molecule has 2 aromatic rings. The zero-order chi connectivity index (χ0) is 10.8. The summed E-state index contributed by atoms with van der Waals surface area (Å²) in [5.74, 6) is 0. The van der Waals surface area contributed by atoms with Gasteiger partial charge >= 0.3 is 6.03 Å². The van der Waals surface area contributed by atoms with E-state index in [1.54, 1.807) is 6.20 Å². The van der Waals surface area contributed by atoms with Crippen LogP contribution in [0.2, 0.25) is 0 Å². The lowest BCUT2D eigenvalue weighted by atomic mass is 10.2. The SMILES string of the molecule is CONC(=O)n1ccc2cc(C)ccc21. The van der Waals surface area contributed by atoms with Crippen LogP contribution in [-0.2, 0) is 4.84 Å². The van der Waals surface area contributed by atoms with Crippen LogP contribution in [0.3, 0.4) is 0 Å². The van der Waals surface area contributed by atoms with Gasteiger partial charge in [-0.15, -0.1) is 0 Å². The number of fused-ring (bicyclic) bond motifs is 1. The third-order valence-electron chi connectivity index (χ3n) is 2.25. The summed E-state index contributed by atoms with van der Waals surface area (Å²) < 4.78 is 1.51. The summed E-state index contributed by atoms with van der Waals surface area (Å²) in [4.78, 5) is 16.1. The van der Waals surface area contributed by atoms with E-state index in [0.29, 0.717) is 0 Å². The summed E-state index contributed by atoms with van der Waals surface area (Å²) in [7, 11) is 1.41. The normalized spacial score (nSPS) is 10.5. The topological polar surface area (TPSA) is 43.3 Å². The highest BCUT2D eigenvalue weighted by molar-refractivity contribution is 5.91. The fraction of sp³-hybridized carbons (Fsp3) is 0.182. The summed E-state index contributed by atoms with van der Waals surface area (Å²) in [5.41, 5.74) is 4.32. The molecule has 2 rings (SSSR count). The number of aryl methyl sites for hydroxylation is 1. The Hall–Kier alpha value is -1.81. The molecule has 0 aliphatic carbocycles. The van der Waals surface area contributed by atoms with Crippen molar-refractivity contribution in [3.05, 3.63) is 36.0 Å². The van der Waals surface area contributed by atoms with E-state index >= 15 is 0 Å². The maximum atomic E-state index is 11.5. The number of carbonyl (C=O) groups excluding carboxylic acids is 1. The van der Waals surface area contributed by atoms with E-state index in [9.17, 15) is 4.79 Å². The van der Waals surface area contributed by atoms with E-state index in [0.717, 1.165) is 10.9 Å². The molecule has 0 bridgehead atoms. The second kappa shape index (κ2) is 3.74. The van der Waals surface area contributed by atoms with Crippen LogP contribution in [-0.4, -0.2) is 17.7 Å². The number of aromatic nitrogens is 1. The minimum Gasteiger partial charge on any atom is -0.275 e. The second-order valence-electron chi connectivity index (χ2n) is 3.36. The molecule has 4 heteroatoms. The summed E-state index contributed by atoms with van der Waals surface area (Å²) in [6.07, 6.45) is 1.72. The molecule has 1 amide bonds. The minimum atomic E-state index is -0.295. The molecule has 1 heterocycles. The van der Waals surface area contributed by atoms with Crippen molar-refractivity contribution < 1.29 is 9.63 Å². The zero-order valence-electron chi connectivity index (χ0n) is 8.65. The largest absolute Gasteiger partial charge is 0.349 e. The third-order valence-corrected chi connectivity index (χ3v) is 2.25. The molecule has 0 atom stereocenters. The molecule has 15 heavy (non-hydrogen) atoms. The van der Waals surface area contributed by atoms with Gasteiger partial charge in [0.05, 0.1) is 12.6 Å². The summed E-state index contributed by atoms with van der Waals surface area (Å²) in [6.45, 7) is 2.02. The molecule has 0 saturated heterocycles. The van der Waals surface area contributed by atoms with Crippen LogP contribution < -0.4 is 5.48 Å². The molecule has 1 aromatic carbocycles. The van der Waals surface area contributed by atoms with Crippen LogP contribution in [0.1, 0.15) is 5.56 Å². The number of rotatable bonds is 1. The highest BCUT2D eigenvalue weighted by Crippen LogP contribution is 2.16. The Kier molecular flexibility index (Phi) is 2.43. The zero-order valence-corrected chi connectivity index (χ0v) is 8.65. The van der Waals surface area contributed by atoms with Gasteiger partial charge < -0.3 is 0 Å². The maximum Gasteiger partial charge on any atom is 0.349 e. The van der Waals surface area contributed by atoms with Crippen LogP contribution >= 0.6 is 0 Å². The van der Waals surface area contributed by atoms with Crippen molar-refractivity contribution in [3.8, 4) is 0 Å². The summed E-state index contributed by atoms with van der Waals surface area (Å²) in [6, 6.07) is 7.53. The van der Waals surface area contributed by atoms with Gasteiger partial charge in [-0.1, -0.05) is 11.6 Å². The molecular formula is C11H12N2O2.